The lowest BCUT2D eigenvalue weighted by Crippen LogP contribution is -2.28. The Balaban J connectivity index is 1.44. The molecule has 2 aromatic rings. The van der Waals surface area contributed by atoms with E-state index in [4.69, 9.17) is 11.6 Å². The summed E-state index contributed by atoms with van der Waals surface area (Å²) in [5, 5.41) is 6.56. The first-order valence-corrected chi connectivity index (χ1v) is 8.93. The zero-order valence-corrected chi connectivity index (χ0v) is 14.5. The van der Waals surface area contributed by atoms with Gasteiger partial charge < -0.3 is 10.6 Å². The van der Waals surface area contributed by atoms with Crippen molar-refractivity contribution in [1.82, 2.24) is 5.32 Å². The fraction of sp³-hybridized carbons (Fsp3) is 0.300. The van der Waals surface area contributed by atoms with Crippen molar-refractivity contribution in [1.29, 1.82) is 0 Å². The number of carbonyl (C=O) groups is 2. The van der Waals surface area contributed by atoms with Gasteiger partial charge in [-0.2, -0.15) is 0 Å². The molecule has 128 valence electrons. The standard InChI is InChI=1S/C20H19ClN2O2/c21-15-3-1-2-14(12-15)20(10-11-20)19(25)23-17-6-4-13(5-7-17)18(24)22-16-8-9-16/h1-7,12,16H,8-11H2,(H,22,24)(H,23,25). The summed E-state index contributed by atoms with van der Waals surface area (Å²) >= 11 is 6.06. The molecule has 0 atom stereocenters. The number of halogens is 1. The largest absolute Gasteiger partial charge is 0.349 e. The van der Waals surface area contributed by atoms with Crippen molar-refractivity contribution in [2.75, 3.05) is 5.32 Å². The normalized spacial score (nSPS) is 17.6. The van der Waals surface area contributed by atoms with E-state index in [0.29, 0.717) is 22.3 Å². The van der Waals surface area contributed by atoms with Crippen molar-refractivity contribution >= 4 is 29.1 Å². The van der Waals surface area contributed by atoms with E-state index in [9.17, 15) is 9.59 Å². The van der Waals surface area contributed by atoms with E-state index in [1.807, 2.05) is 24.3 Å². The fourth-order valence-electron chi connectivity index (χ4n) is 3.01. The molecule has 0 aliphatic heterocycles. The van der Waals surface area contributed by atoms with Gasteiger partial charge in [0.05, 0.1) is 5.41 Å². The molecule has 2 N–H and O–H groups in total. The van der Waals surface area contributed by atoms with Gasteiger partial charge in [0, 0.05) is 22.3 Å². The quantitative estimate of drug-likeness (QED) is 0.855. The van der Waals surface area contributed by atoms with Gasteiger partial charge in [-0.05, 0) is 67.6 Å². The van der Waals surface area contributed by atoms with E-state index in [-0.39, 0.29) is 11.8 Å². The minimum atomic E-state index is -0.479. The first kappa shape index (κ1) is 16.2. The predicted molar refractivity (Wildman–Crippen MR) is 97.9 cm³/mol. The summed E-state index contributed by atoms with van der Waals surface area (Å²) < 4.78 is 0. The van der Waals surface area contributed by atoms with Crippen LogP contribution in [0.25, 0.3) is 0 Å². The van der Waals surface area contributed by atoms with Crippen LogP contribution in [0.15, 0.2) is 48.5 Å². The van der Waals surface area contributed by atoms with Crippen LogP contribution in [0, 0.1) is 0 Å². The summed E-state index contributed by atoms with van der Waals surface area (Å²) in [5.74, 6) is -0.0806. The lowest BCUT2D eigenvalue weighted by molar-refractivity contribution is -0.118. The molecule has 2 amide bonds. The Morgan fingerprint density at radius 3 is 2.36 bits per heavy atom. The highest BCUT2D eigenvalue weighted by Crippen LogP contribution is 2.49. The topological polar surface area (TPSA) is 58.2 Å². The molecule has 0 saturated heterocycles. The molecule has 2 aliphatic rings. The van der Waals surface area contributed by atoms with Crippen LogP contribution in [0.2, 0.25) is 5.02 Å². The minimum absolute atomic E-state index is 0.0232. The third kappa shape index (κ3) is 3.40. The van der Waals surface area contributed by atoms with Crippen LogP contribution in [0.3, 0.4) is 0 Å². The van der Waals surface area contributed by atoms with Gasteiger partial charge in [-0.1, -0.05) is 23.7 Å². The minimum Gasteiger partial charge on any atom is -0.349 e. The van der Waals surface area contributed by atoms with Crippen molar-refractivity contribution in [3.63, 3.8) is 0 Å². The zero-order valence-electron chi connectivity index (χ0n) is 13.7. The van der Waals surface area contributed by atoms with Gasteiger partial charge in [-0.3, -0.25) is 9.59 Å². The van der Waals surface area contributed by atoms with Gasteiger partial charge >= 0.3 is 0 Å². The van der Waals surface area contributed by atoms with Crippen molar-refractivity contribution in [2.45, 2.75) is 37.1 Å². The summed E-state index contributed by atoms with van der Waals surface area (Å²) in [6, 6.07) is 14.9. The van der Waals surface area contributed by atoms with Gasteiger partial charge in [0.1, 0.15) is 0 Å². The first-order chi connectivity index (χ1) is 12.1. The average molecular weight is 355 g/mol. The number of carbonyl (C=O) groups excluding carboxylic acids is 2. The van der Waals surface area contributed by atoms with Gasteiger partial charge in [0.15, 0.2) is 0 Å². The maximum Gasteiger partial charge on any atom is 0.251 e. The third-order valence-electron chi connectivity index (χ3n) is 4.88. The molecule has 2 aliphatic carbocycles. The average Bonchev–Trinajstić information content (AvgIpc) is 3.50. The van der Waals surface area contributed by atoms with Gasteiger partial charge in [0.25, 0.3) is 5.91 Å². The van der Waals surface area contributed by atoms with Crippen LogP contribution < -0.4 is 10.6 Å². The Labute approximate surface area is 151 Å². The highest BCUT2D eigenvalue weighted by molar-refractivity contribution is 6.30. The number of amides is 2. The van der Waals surface area contributed by atoms with Crippen molar-refractivity contribution in [3.05, 3.63) is 64.7 Å². The highest BCUT2D eigenvalue weighted by atomic mass is 35.5. The monoisotopic (exact) mass is 354 g/mol. The van der Waals surface area contributed by atoms with Crippen LogP contribution in [0.5, 0.6) is 0 Å². The summed E-state index contributed by atoms with van der Waals surface area (Å²) in [7, 11) is 0. The van der Waals surface area contributed by atoms with Gasteiger partial charge in [-0.15, -0.1) is 0 Å². The number of nitrogens with one attached hydrogen (secondary N) is 2. The Kier molecular flexibility index (Phi) is 4.00. The molecule has 0 aromatic heterocycles. The van der Waals surface area contributed by atoms with Crippen LogP contribution in [-0.4, -0.2) is 17.9 Å². The molecule has 0 unspecified atom stereocenters. The highest BCUT2D eigenvalue weighted by Gasteiger charge is 2.51. The maximum absolute atomic E-state index is 12.7. The summed E-state index contributed by atoms with van der Waals surface area (Å²) in [6.07, 6.45) is 3.76. The van der Waals surface area contributed by atoms with E-state index in [1.165, 1.54) is 0 Å². The summed E-state index contributed by atoms with van der Waals surface area (Å²) in [6.45, 7) is 0. The molecule has 5 heteroatoms. The molecule has 2 saturated carbocycles. The lowest BCUT2D eigenvalue weighted by atomic mass is 9.95. The van der Waals surface area contributed by atoms with Crippen LogP contribution in [-0.2, 0) is 10.2 Å². The second kappa shape index (κ2) is 6.19. The van der Waals surface area contributed by atoms with E-state index < -0.39 is 5.41 Å². The Morgan fingerprint density at radius 2 is 1.76 bits per heavy atom. The molecule has 0 radical (unpaired) electrons. The number of benzene rings is 2. The second-order valence-electron chi connectivity index (χ2n) is 6.87. The molecular formula is C20H19ClN2O2. The smallest absolute Gasteiger partial charge is 0.251 e. The Morgan fingerprint density at radius 1 is 1.04 bits per heavy atom. The Bertz CT molecular complexity index is 824. The fourth-order valence-corrected chi connectivity index (χ4v) is 3.20. The van der Waals surface area contributed by atoms with Gasteiger partial charge in [-0.25, -0.2) is 0 Å². The van der Waals surface area contributed by atoms with E-state index in [1.54, 1.807) is 24.3 Å². The van der Waals surface area contributed by atoms with Crippen LogP contribution in [0.4, 0.5) is 5.69 Å². The number of rotatable bonds is 5. The Hall–Kier alpha value is -2.33. The first-order valence-electron chi connectivity index (χ1n) is 8.55. The van der Waals surface area contributed by atoms with Crippen LogP contribution in [0.1, 0.15) is 41.6 Å². The summed E-state index contributed by atoms with van der Waals surface area (Å²) in [4.78, 5) is 24.8. The maximum atomic E-state index is 12.7. The molecule has 2 aromatic carbocycles. The molecular weight excluding hydrogens is 336 g/mol. The van der Waals surface area contributed by atoms with E-state index >= 15 is 0 Å². The molecule has 0 spiro atoms. The molecule has 0 heterocycles. The third-order valence-corrected chi connectivity index (χ3v) is 5.11. The lowest BCUT2D eigenvalue weighted by Gasteiger charge is -2.16. The molecule has 4 rings (SSSR count). The SMILES string of the molecule is O=C(NC1CC1)c1ccc(NC(=O)C2(c3cccc(Cl)c3)CC2)cc1. The molecule has 4 nitrogen and oxygen atoms in total. The van der Waals surface area contributed by atoms with E-state index in [2.05, 4.69) is 10.6 Å². The predicted octanol–water partition coefficient (Wildman–Crippen LogP) is 3.90. The number of hydrogen-bond acceptors (Lipinski definition) is 2. The van der Waals surface area contributed by atoms with Gasteiger partial charge in [0.2, 0.25) is 5.91 Å². The molecule has 2 fully saturated rings. The van der Waals surface area contributed by atoms with Crippen molar-refractivity contribution < 1.29 is 9.59 Å². The van der Waals surface area contributed by atoms with Crippen molar-refractivity contribution in [2.24, 2.45) is 0 Å². The van der Waals surface area contributed by atoms with E-state index in [0.717, 1.165) is 31.2 Å². The molecule has 25 heavy (non-hydrogen) atoms. The number of hydrogen-bond donors (Lipinski definition) is 2. The van der Waals surface area contributed by atoms with Crippen molar-refractivity contribution in [3.8, 4) is 0 Å². The number of anilines is 1. The van der Waals surface area contributed by atoms with Crippen LogP contribution >= 0.6 is 11.6 Å². The second-order valence-corrected chi connectivity index (χ2v) is 7.31. The summed E-state index contributed by atoms with van der Waals surface area (Å²) in [5.41, 5.74) is 1.78. The molecule has 0 bridgehead atoms. The zero-order chi connectivity index (χ0) is 17.4.